The highest BCUT2D eigenvalue weighted by atomic mass is 35.5. The molecule has 2 amide bonds. The van der Waals surface area contributed by atoms with Gasteiger partial charge < -0.3 is 15.1 Å². The van der Waals surface area contributed by atoms with E-state index >= 15 is 0 Å². The second-order valence-electron chi connectivity index (χ2n) is 6.92. The molecule has 5 nitrogen and oxygen atoms in total. The van der Waals surface area contributed by atoms with Gasteiger partial charge in [-0.05, 0) is 36.2 Å². The second kappa shape index (κ2) is 9.92. The van der Waals surface area contributed by atoms with Gasteiger partial charge in [0.15, 0.2) is 6.54 Å². The van der Waals surface area contributed by atoms with Gasteiger partial charge in [-0.25, -0.2) is 0 Å². The number of benzene rings is 2. The van der Waals surface area contributed by atoms with Gasteiger partial charge >= 0.3 is 0 Å². The molecule has 0 bridgehead atoms. The minimum Gasteiger partial charge on any atom is -0.351 e. The standard InChI is InChI=1S/C21H23Cl2N3O2/c22-18-7-6-16(19(23)14-18)8-9-24-20(27)15-25-10-12-26(13-11-25)21(28)17-4-2-1-3-5-17/h1-7,14H,8-13,15H2,(H,24,27)/p+1. The molecule has 0 radical (unpaired) electrons. The number of piperazine rings is 1. The lowest BCUT2D eigenvalue weighted by atomic mass is 10.1. The Morgan fingerprint density at radius 1 is 1.04 bits per heavy atom. The highest BCUT2D eigenvalue weighted by molar-refractivity contribution is 6.35. The van der Waals surface area contributed by atoms with Crippen LogP contribution in [-0.4, -0.2) is 56.0 Å². The molecular formula is C21H24Cl2N3O2+. The van der Waals surface area contributed by atoms with Gasteiger partial charge in [0, 0.05) is 22.2 Å². The first-order valence-electron chi connectivity index (χ1n) is 9.41. The maximum absolute atomic E-state index is 12.5. The summed E-state index contributed by atoms with van der Waals surface area (Å²) in [6.45, 7) is 3.82. The van der Waals surface area contributed by atoms with Crippen LogP contribution in [0.15, 0.2) is 48.5 Å². The topological polar surface area (TPSA) is 53.9 Å². The van der Waals surface area contributed by atoms with Crippen molar-refractivity contribution in [2.24, 2.45) is 0 Å². The summed E-state index contributed by atoms with van der Waals surface area (Å²) in [6, 6.07) is 14.7. The van der Waals surface area contributed by atoms with Gasteiger partial charge in [0.1, 0.15) is 0 Å². The minimum atomic E-state index is 0.0166. The van der Waals surface area contributed by atoms with E-state index < -0.39 is 0 Å². The molecule has 0 saturated carbocycles. The summed E-state index contributed by atoms with van der Waals surface area (Å²) in [5, 5.41) is 4.17. The first-order valence-corrected chi connectivity index (χ1v) is 10.2. The van der Waals surface area contributed by atoms with E-state index in [1.54, 1.807) is 12.1 Å². The van der Waals surface area contributed by atoms with E-state index in [0.29, 0.717) is 48.2 Å². The molecule has 0 unspecified atom stereocenters. The molecule has 28 heavy (non-hydrogen) atoms. The zero-order valence-corrected chi connectivity index (χ0v) is 17.1. The maximum atomic E-state index is 12.5. The number of halogens is 2. The molecule has 3 rings (SSSR count). The molecule has 0 aliphatic carbocycles. The van der Waals surface area contributed by atoms with E-state index in [2.05, 4.69) is 5.32 Å². The van der Waals surface area contributed by atoms with Crippen LogP contribution in [-0.2, 0) is 11.2 Å². The summed E-state index contributed by atoms with van der Waals surface area (Å²) >= 11 is 12.0. The third kappa shape index (κ3) is 5.71. The van der Waals surface area contributed by atoms with E-state index in [0.717, 1.165) is 18.7 Å². The quantitative estimate of drug-likeness (QED) is 0.746. The Kier molecular flexibility index (Phi) is 7.31. The van der Waals surface area contributed by atoms with Gasteiger partial charge in [-0.3, -0.25) is 9.59 Å². The van der Waals surface area contributed by atoms with Crippen molar-refractivity contribution in [2.75, 3.05) is 39.3 Å². The smallest absolute Gasteiger partial charge is 0.275 e. The van der Waals surface area contributed by atoms with Crippen molar-refractivity contribution in [1.29, 1.82) is 0 Å². The van der Waals surface area contributed by atoms with Crippen molar-refractivity contribution in [3.8, 4) is 0 Å². The molecule has 2 aromatic rings. The van der Waals surface area contributed by atoms with Crippen molar-refractivity contribution < 1.29 is 14.5 Å². The maximum Gasteiger partial charge on any atom is 0.275 e. The molecule has 0 spiro atoms. The summed E-state index contributed by atoms with van der Waals surface area (Å²) in [4.78, 5) is 27.7. The summed E-state index contributed by atoms with van der Waals surface area (Å²) in [7, 11) is 0. The number of rotatable bonds is 6. The molecule has 2 aromatic carbocycles. The van der Waals surface area contributed by atoms with Crippen LogP contribution >= 0.6 is 23.2 Å². The number of quaternary nitrogens is 1. The molecule has 0 atom stereocenters. The average molecular weight is 421 g/mol. The zero-order valence-electron chi connectivity index (χ0n) is 15.6. The Labute approximate surface area is 175 Å². The number of hydrogen-bond acceptors (Lipinski definition) is 2. The Hall–Kier alpha value is -2.08. The Morgan fingerprint density at radius 2 is 1.75 bits per heavy atom. The fourth-order valence-electron chi connectivity index (χ4n) is 3.32. The van der Waals surface area contributed by atoms with Crippen molar-refractivity contribution >= 4 is 35.0 Å². The predicted molar refractivity (Wildman–Crippen MR) is 111 cm³/mol. The number of nitrogens with one attached hydrogen (secondary N) is 2. The number of carbonyl (C=O) groups is 2. The van der Waals surface area contributed by atoms with Gasteiger partial charge in [-0.2, -0.15) is 0 Å². The molecule has 0 aromatic heterocycles. The monoisotopic (exact) mass is 420 g/mol. The van der Waals surface area contributed by atoms with Crippen LogP contribution in [0.3, 0.4) is 0 Å². The van der Waals surface area contributed by atoms with Crippen LogP contribution in [0.5, 0.6) is 0 Å². The normalized spacial score (nSPS) is 14.7. The number of carbonyl (C=O) groups excluding carboxylic acids is 2. The van der Waals surface area contributed by atoms with Crippen LogP contribution in [0.25, 0.3) is 0 Å². The highest BCUT2D eigenvalue weighted by Crippen LogP contribution is 2.20. The highest BCUT2D eigenvalue weighted by Gasteiger charge is 2.25. The largest absolute Gasteiger partial charge is 0.351 e. The van der Waals surface area contributed by atoms with E-state index in [9.17, 15) is 9.59 Å². The van der Waals surface area contributed by atoms with Gasteiger partial charge in [-0.1, -0.05) is 47.5 Å². The van der Waals surface area contributed by atoms with Crippen LogP contribution < -0.4 is 10.2 Å². The lowest BCUT2D eigenvalue weighted by molar-refractivity contribution is -0.896. The van der Waals surface area contributed by atoms with Crippen LogP contribution in [0.4, 0.5) is 0 Å². The first-order chi connectivity index (χ1) is 13.5. The van der Waals surface area contributed by atoms with Gasteiger partial charge in [0.25, 0.3) is 11.8 Å². The minimum absolute atomic E-state index is 0.0166. The molecule has 7 heteroatoms. The van der Waals surface area contributed by atoms with Crippen LogP contribution in [0.1, 0.15) is 15.9 Å². The van der Waals surface area contributed by atoms with Gasteiger partial charge in [0.05, 0.1) is 26.2 Å². The lowest BCUT2D eigenvalue weighted by Gasteiger charge is -2.32. The number of nitrogens with zero attached hydrogens (tertiary/aromatic N) is 1. The molecule has 1 heterocycles. The molecular weight excluding hydrogens is 397 g/mol. The number of hydrogen-bond donors (Lipinski definition) is 2. The third-order valence-electron chi connectivity index (χ3n) is 4.92. The van der Waals surface area contributed by atoms with E-state index in [4.69, 9.17) is 23.2 Å². The van der Waals surface area contributed by atoms with Crippen molar-refractivity contribution in [3.05, 3.63) is 69.7 Å². The van der Waals surface area contributed by atoms with Crippen molar-refractivity contribution in [3.63, 3.8) is 0 Å². The van der Waals surface area contributed by atoms with Crippen molar-refractivity contribution in [1.82, 2.24) is 10.2 Å². The van der Waals surface area contributed by atoms with Crippen LogP contribution in [0.2, 0.25) is 10.0 Å². The summed E-state index contributed by atoms with van der Waals surface area (Å²) in [5.41, 5.74) is 1.68. The second-order valence-corrected chi connectivity index (χ2v) is 7.76. The fourth-order valence-corrected chi connectivity index (χ4v) is 3.82. The fraction of sp³-hybridized carbons (Fsp3) is 0.333. The third-order valence-corrected chi connectivity index (χ3v) is 5.51. The van der Waals surface area contributed by atoms with Crippen molar-refractivity contribution in [2.45, 2.75) is 6.42 Å². The van der Waals surface area contributed by atoms with Crippen LogP contribution in [0, 0.1) is 0 Å². The molecule has 2 N–H and O–H groups in total. The zero-order chi connectivity index (χ0) is 19.9. The summed E-state index contributed by atoms with van der Waals surface area (Å²) in [6.07, 6.45) is 0.663. The van der Waals surface area contributed by atoms with E-state index in [-0.39, 0.29) is 11.8 Å². The average Bonchev–Trinajstić information content (AvgIpc) is 2.70. The first kappa shape index (κ1) is 20.6. The molecule has 148 valence electrons. The molecule has 1 aliphatic rings. The Bertz CT molecular complexity index is 822. The molecule has 1 fully saturated rings. The number of amides is 2. The van der Waals surface area contributed by atoms with Gasteiger partial charge in [-0.15, -0.1) is 0 Å². The van der Waals surface area contributed by atoms with E-state index in [1.165, 1.54) is 4.90 Å². The van der Waals surface area contributed by atoms with Gasteiger partial charge in [0.2, 0.25) is 0 Å². The lowest BCUT2D eigenvalue weighted by Crippen LogP contribution is -3.15. The SMILES string of the molecule is O=C(C[NH+]1CCN(C(=O)c2ccccc2)CC1)NCCc1ccc(Cl)cc1Cl. The summed E-state index contributed by atoms with van der Waals surface area (Å²) in [5.74, 6) is 0.0758. The Balaban J connectivity index is 1.38. The molecule has 1 saturated heterocycles. The van der Waals surface area contributed by atoms with E-state index in [1.807, 2.05) is 41.3 Å². The molecule has 1 aliphatic heterocycles. The summed E-state index contributed by atoms with van der Waals surface area (Å²) < 4.78 is 0. The Morgan fingerprint density at radius 3 is 2.43 bits per heavy atom. The predicted octanol–water partition coefficient (Wildman–Crippen LogP) is 1.69.